The van der Waals surface area contributed by atoms with Gasteiger partial charge in [0, 0.05) is 16.8 Å². The smallest absolute Gasteiger partial charge is 0.268 e. The van der Waals surface area contributed by atoms with Crippen LogP contribution in [0.1, 0.15) is 0 Å². The SMILES string of the molecule is O=c1c2c(-c3ccccc3Cl)n3ncnc3nc2ccn1-c1ncn[nH]1. The molecule has 0 aliphatic heterocycles. The topological polar surface area (TPSA) is 107 Å². The summed E-state index contributed by atoms with van der Waals surface area (Å²) in [6, 6.07) is 8.95. The zero-order valence-electron chi connectivity index (χ0n) is 13.0. The van der Waals surface area contributed by atoms with Crippen LogP contribution >= 0.6 is 11.6 Å². The largest absolute Gasteiger partial charge is 0.269 e. The summed E-state index contributed by atoms with van der Waals surface area (Å²) >= 11 is 6.40. The summed E-state index contributed by atoms with van der Waals surface area (Å²) in [5.41, 5.74) is 1.34. The van der Waals surface area contributed by atoms with E-state index in [1.807, 2.05) is 18.2 Å². The van der Waals surface area contributed by atoms with Gasteiger partial charge in [0.05, 0.1) is 16.6 Å². The number of aromatic amines is 1. The van der Waals surface area contributed by atoms with Crippen molar-refractivity contribution in [1.29, 1.82) is 0 Å². The lowest BCUT2D eigenvalue weighted by Crippen LogP contribution is -2.21. The lowest BCUT2D eigenvalue weighted by Gasteiger charge is -2.11. The van der Waals surface area contributed by atoms with Crippen molar-refractivity contribution in [2.24, 2.45) is 0 Å². The maximum absolute atomic E-state index is 13.2. The van der Waals surface area contributed by atoms with E-state index in [-0.39, 0.29) is 5.56 Å². The number of nitrogens with one attached hydrogen (secondary N) is 1. The van der Waals surface area contributed by atoms with E-state index in [1.54, 1.807) is 18.3 Å². The van der Waals surface area contributed by atoms with Gasteiger partial charge in [0.25, 0.3) is 11.3 Å². The fraction of sp³-hybridized carbons (Fsp3) is 0. The van der Waals surface area contributed by atoms with Crippen molar-refractivity contribution in [2.45, 2.75) is 0 Å². The monoisotopic (exact) mass is 364 g/mol. The third kappa shape index (κ3) is 2.04. The molecule has 0 atom stereocenters. The van der Waals surface area contributed by atoms with Gasteiger partial charge in [0.2, 0.25) is 5.95 Å². The van der Waals surface area contributed by atoms with Crippen LogP contribution in [-0.4, -0.2) is 39.3 Å². The summed E-state index contributed by atoms with van der Waals surface area (Å²) in [4.78, 5) is 25.8. The molecule has 0 aliphatic rings. The molecule has 0 saturated heterocycles. The van der Waals surface area contributed by atoms with Crippen LogP contribution in [0, 0.1) is 0 Å². The van der Waals surface area contributed by atoms with Crippen molar-refractivity contribution < 1.29 is 0 Å². The normalized spacial score (nSPS) is 11.4. The molecule has 1 N–H and O–H groups in total. The van der Waals surface area contributed by atoms with Gasteiger partial charge in [-0.1, -0.05) is 29.8 Å². The van der Waals surface area contributed by atoms with Gasteiger partial charge in [-0.05, 0) is 12.1 Å². The molecular weight excluding hydrogens is 356 g/mol. The number of halogens is 1. The van der Waals surface area contributed by atoms with E-state index in [9.17, 15) is 4.79 Å². The van der Waals surface area contributed by atoms with E-state index in [1.165, 1.54) is 21.7 Å². The molecule has 126 valence electrons. The number of fused-ring (bicyclic) bond motifs is 2. The Kier molecular flexibility index (Phi) is 3.09. The zero-order valence-corrected chi connectivity index (χ0v) is 13.8. The van der Waals surface area contributed by atoms with Crippen LogP contribution < -0.4 is 5.56 Å². The Labute approximate surface area is 149 Å². The zero-order chi connectivity index (χ0) is 17.7. The quantitative estimate of drug-likeness (QED) is 0.512. The lowest BCUT2D eigenvalue weighted by molar-refractivity contribution is 0.895. The Hall–Kier alpha value is -3.59. The number of pyridine rings is 1. The molecule has 1 aromatic carbocycles. The van der Waals surface area contributed by atoms with Gasteiger partial charge in [0.15, 0.2) is 0 Å². The molecule has 5 rings (SSSR count). The minimum absolute atomic E-state index is 0.306. The van der Waals surface area contributed by atoms with Gasteiger partial charge < -0.3 is 0 Å². The molecule has 0 spiro atoms. The summed E-state index contributed by atoms with van der Waals surface area (Å²) in [7, 11) is 0. The minimum atomic E-state index is -0.320. The molecule has 5 aromatic rings. The average molecular weight is 365 g/mol. The molecule has 0 amide bonds. The number of hydrogen-bond acceptors (Lipinski definition) is 6. The first kappa shape index (κ1) is 14.7. The first-order chi connectivity index (χ1) is 12.7. The first-order valence-corrected chi connectivity index (χ1v) is 7.97. The maximum Gasteiger partial charge on any atom is 0.269 e. The van der Waals surface area contributed by atoms with Crippen molar-refractivity contribution in [3.05, 3.63) is 64.6 Å². The molecule has 9 nitrogen and oxygen atoms in total. The third-order valence-corrected chi connectivity index (χ3v) is 4.36. The predicted molar refractivity (Wildman–Crippen MR) is 94.3 cm³/mol. The third-order valence-electron chi connectivity index (χ3n) is 4.03. The summed E-state index contributed by atoms with van der Waals surface area (Å²) in [6.45, 7) is 0. The molecule has 26 heavy (non-hydrogen) atoms. The van der Waals surface area contributed by atoms with Crippen molar-refractivity contribution in [1.82, 2.24) is 39.3 Å². The fourth-order valence-electron chi connectivity index (χ4n) is 2.91. The van der Waals surface area contributed by atoms with Crippen molar-refractivity contribution in [2.75, 3.05) is 0 Å². The van der Waals surface area contributed by atoms with Crippen LogP contribution in [0.3, 0.4) is 0 Å². The first-order valence-electron chi connectivity index (χ1n) is 7.60. The van der Waals surface area contributed by atoms with Gasteiger partial charge in [0.1, 0.15) is 12.7 Å². The molecule has 0 fully saturated rings. The Morgan fingerprint density at radius 3 is 2.77 bits per heavy atom. The Morgan fingerprint density at radius 1 is 1.08 bits per heavy atom. The van der Waals surface area contributed by atoms with Crippen LogP contribution in [0.25, 0.3) is 33.9 Å². The highest BCUT2D eigenvalue weighted by Crippen LogP contribution is 2.31. The second kappa shape index (κ2) is 5.46. The van der Waals surface area contributed by atoms with Crippen molar-refractivity contribution in [3.8, 4) is 17.2 Å². The predicted octanol–water partition coefficient (Wildman–Crippen LogP) is 1.87. The average Bonchev–Trinajstić information content (AvgIpc) is 3.32. The molecule has 0 bridgehead atoms. The summed E-state index contributed by atoms with van der Waals surface area (Å²) < 4.78 is 2.87. The number of H-pyrrole nitrogens is 1. The van der Waals surface area contributed by atoms with Gasteiger partial charge >= 0.3 is 0 Å². The second-order valence-corrected chi connectivity index (χ2v) is 5.88. The number of hydrogen-bond donors (Lipinski definition) is 1. The van der Waals surface area contributed by atoms with E-state index < -0.39 is 0 Å². The minimum Gasteiger partial charge on any atom is -0.268 e. The fourth-order valence-corrected chi connectivity index (χ4v) is 3.13. The molecule has 0 unspecified atom stereocenters. The molecule has 0 aliphatic carbocycles. The number of rotatable bonds is 2. The van der Waals surface area contributed by atoms with Crippen molar-refractivity contribution >= 4 is 28.3 Å². The van der Waals surface area contributed by atoms with Gasteiger partial charge in [-0.25, -0.2) is 10.1 Å². The Bertz CT molecular complexity index is 1320. The highest BCUT2D eigenvalue weighted by Gasteiger charge is 2.19. The maximum atomic E-state index is 13.2. The molecule has 10 heteroatoms. The van der Waals surface area contributed by atoms with E-state index in [4.69, 9.17) is 11.6 Å². The van der Waals surface area contributed by atoms with E-state index in [2.05, 4.69) is 30.2 Å². The van der Waals surface area contributed by atoms with Crippen LogP contribution in [0.2, 0.25) is 5.02 Å². The summed E-state index contributed by atoms with van der Waals surface area (Å²) in [5.74, 6) is 0.685. The van der Waals surface area contributed by atoms with E-state index in [0.717, 1.165) is 0 Å². The highest BCUT2D eigenvalue weighted by atomic mass is 35.5. The second-order valence-electron chi connectivity index (χ2n) is 5.47. The molecular formula is C16H9ClN8O. The van der Waals surface area contributed by atoms with Crippen LogP contribution in [0.4, 0.5) is 0 Å². The van der Waals surface area contributed by atoms with Gasteiger partial charge in [-0.15, -0.1) is 0 Å². The van der Waals surface area contributed by atoms with Gasteiger partial charge in [-0.3, -0.25) is 9.36 Å². The number of benzene rings is 1. The van der Waals surface area contributed by atoms with Crippen LogP contribution in [-0.2, 0) is 0 Å². The van der Waals surface area contributed by atoms with E-state index in [0.29, 0.717) is 38.9 Å². The number of aromatic nitrogens is 8. The molecule has 4 heterocycles. The number of nitrogens with zero attached hydrogens (tertiary/aromatic N) is 7. The van der Waals surface area contributed by atoms with E-state index >= 15 is 0 Å². The van der Waals surface area contributed by atoms with Crippen molar-refractivity contribution in [3.63, 3.8) is 0 Å². The Morgan fingerprint density at radius 2 is 1.96 bits per heavy atom. The molecule has 0 saturated carbocycles. The van der Waals surface area contributed by atoms with Crippen LogP contribution in [0.15, 0.2) is 54.0 Å². The standard InChI is InChI=1S/C16H9ClN8O/c17-10-4-2-1-3-9(10)13-12-11(22-15-19-8-21-25(13)15)5-6-24(14(12)26)16-18-7-20-23-16/h1-8H,(H,18,20,23). The lowest BCUT2D eigenvalue weighted by atomic mass is 10.1. The van der Waals surface area contributed by atoms with Gasteiger partial charge in [-0.2, -0.15) is 24.7 Å². The van der Waals surface area contributed by atoms with Crippen LogP contribution in [0.5, 0.6) is 0 Å². The highest BCUT2D eigenvalue weighted by molar-refractivity contribution is 6.33. The Balaban J connectivity index is 1.99. The summed E-state index contributed by atoms with van der Waals surface area (Å²) in [5, 5.41) is 11.5. The summed E-state index contributed by atoms with van der Waals surface area (Å²) in [6.07, 6.45) is 4.30. The molecule has 4 aromatic heterocycles. The molecule has 0 radical (unpaired) electrons.